The fourth-order valence-electron chi connectivity index (χ4n) is 3.28. The van der Waals surface area contributed by atoms with Gasteiger partial charge in [0.15, 0.2) is 0 Å². The molecule has 0 aliphatic heterocycles. The Balaban J connectivity index is 1.64. The molecule has 1 aromatic carbocycles. The van der Waals surface area contributed by atoms with Gasteiger partial charge in [0.25, 0.3) is 5.56 Å². The van der Waals surface area contributed by atoms with Gasteiger partial charge in [-0.2, -0.15) is 0 Å². The van der Waals surface area contributed by atoms with Crippen molar-refractivity contribution < 1.29 is 9.53 Å². The molecular formula is C20H18N2O3S. The van der Waals surface area contributed by atoms with Crippen LogP contribution in [0.1, 0.15) is 45.0 Å². The number of fused-ring (bicyclic) bond motifs is 3. The van der Waals surface area contributed by atoms with E-state index in [2.05, 4.69) is 14.7 Å². The van der Waals surface area contributed by atoms with Crippen LogP contribution in [0.15, 0.2) is 29.1 Å². The van der Waals surface area contributed by atoms with Crippen molar-refractivity contribution in [1.82, 2.24) is 9.97 Å². The number of carbonyl (C=O) groups is 1. The van der Waals surface area contributed by atoms with Gasteiger partial charge in [-0.1, -0.05) is 18.2 Å². The van der Waals surface area contributed by atoms with Gasteiger partial charge in [-0.05, 0) is 55.0 Å². The van der Waals surface area contributed by atoms with E-state index in [4.69, 9.17) is 0 Å². The molecule has 1 N–H and O–H groups in total. The monoisotopic (exact) mass is 366 g/mol. The van der Waals surface area contributed by atoms with Crippen molar-refractivity contribution in [3.05, 3.63) is 62.0 Å². The Morgan fingerprint density at radius 2 is 1.96 bits per heavy atom. The molecule has 5 nitrogen and oxygen atoms in total. The summed E-state index contributed by atoms with van der Waals surface area (Å²) in [5.74, 6) is 0.178. The maximum absolute atomic E-state index is 12.5. The zero-order valence-electron chi connectivity index (χ0n) is 14.4. The number of ether oxygens (including phenoxy) is 1. The molecule has 0 unspecified atom stereocenters. The van der Waals surface area contributed by atoms with Gasteiger partial charge in [0, 0.05) is 4.88 Å². The lowest BCUT2D eigenvalue weighted by Gasteiger charge is -2.09. The summed E-state index contributed by atoms with van der Waals surface area (Å²) in [5, 5.41) is 0.768. The van der Waals surface area contributed by atoms with Crippen LogP contribution >= 0.6 is 11.3 Å². The van der Waals surface area contributed by atoms with Crippen LogP contribution in [0, 0.1) is 0 Å². The minimum atomic E-state index is -0.362. The second kappa shape index (κ2) is 6.88. The van der Waals surface area contributed by atoms with E-state index in [0.717, 1.165) is 35.0 Å². The molecule has 2 aromatic heterocycles. The Kier molecular flexibility index (Phi) is 4.42. The Morgan fingerprint density at radius 1 is 1.19 bits per heavy atom. The van der Waals surface area contributed by atoms with Crippen LogP contribution in [0.2, 0.25) is 0 Å². The van der Waals surface area contributed by atoms with Gasteiger partial charge in [-0.25, -0.2) is 9.78 Å². The molecule has 1 aliphatic carbocycles. The van der Waals surface area contributed by atoms with Crippen molar-refractivity contribution in [3.63, 3.8) is 0 Å². The maximum Gasteiger partial charge on any atom is 0.337 e. The maximum atomic E-state index is 12.5. The van der Waals surface area contributed by atoms with Crippen LogP contribution in [0.4, 0.5) is 0 Å². The average Bonchev–Trinajstić information content (AvgIpc) is 3.05. The number of thiophene rings is 1. The third-order valence-electron chi connectivity index (χ3n) is 4.61. The number of aromatic nitrogens is 2. The van der Waals surface area contributed by atoms with E-state index in [-0.39, 0.29) is 11.5 Å². The SMILES string of the molecule is COC(=O)c1ccc(/C=C/c2nc3sc4c(c3c(=O)[nH]2)CCCC4)cc1. The van der Waals surface area contributed by atoms with E-state index in [1.165, 1.54) is 24.0 Å². The largest absolute Gasteiger partial charge is 0.465 e. The predicted molar refractivity (Wildman–Crippen MR) is 104 cm³/mol. The molecule has 6 heteroatoms. The number of nitrogens with zero attached hydrogens (tertiary/aromatic N) is 1. The summed E-state index contributed by atoms with van der Waals surface area (Å²) >= 11 is 1.64. The molecule has 0 amide bonds. The summed E-state index contributed by atoms with van der Waals surface area (Å²) in [4.78, 5) is 33.6. The number of hydrogen-bond acceptors (Lipinski definition) is 5. The number of rotatable bonds is 3. The van der Waals surface area contributed by atoms with Gasteiger partial charge >= 0.3 is 5.97 Å². The highest BCUT2D eigenvalue weighted by atomic mass is 32.1. The third-order valence-corrected chi connectivity index (χ3v) is 5.79. The van der Waals surface area contributed by atoms with E-state index in [1.807, 2.05) is 18.2 Å². The molecule has 26 heavy (non-hydrogen) atoms. The van der Waals surface area contributed by atoms with Crippen molar-refractivity contribution in [1.29, 1.82) is 0 Å². The summed E-state index contributed by atoms with van der Waals surface area (Å²) in [7, 11) is 1.36. The molecule has 132 valence electrons. The van der Waals surface area contributed by atoms with Crippen LogP contribution < -0.4 is 5.56 Å². The first-order valence-electron chi connectivity index (χ1n) is 8.57. The number of carbonyl (C=O) groups excluding carboxylic acids is 1. The molecule has 2 heterocycles. The van der Waals surface area contributed by atoms with Gasteiger partial charge in [-0.15, -0.1) is 11.3 Å². The lowest BCUT2D eigenvalue weighted by atomic mass is 9.97. The zero-order chi connectivity index (χ0) is 18.1. The van der Waals surface area contributed by atoms with Gasteiger partial charge in [-0.3, -0.25) is 4.79 Å². The second-order valence-electron chi connectivity index (χ2n) is 6.29. The normalized spacial score (nSPS) is 13.9. The number of benzene rings is 1. The molecule has 1 aliphatic rings. The molecular weight excluding hydrogens is 348 g/mol. The highest BCUT2D eigenvalue weighted by Gasteiger charge is 2.19. The summed E-state index contributed by atoms with van der Waals surface area (Å²) in [6.45, 7) is 0. The molecule has 0 fully saturated rings. The minimum Gasteiger partial charge on any atom is -0.465 e. The lowest BCUT2D eigenvalue weighted by molar-refractivity contribution is 0.0600. The third kappa shape index (κ3) is 3.08. The number of aromatic amines is 1. The van der Waals surface area contributed by atoms with Gasteiger partial charge < -0.3 is 9.72 Å². The van der Waals surface area contributed by atoms with Crippen molar-refractivity contribution in [2.45, 2.75) is 25.7 Å². The Morgan fingerprint density at radius 3 is 2.73 bits per heavy atom. The number of aryl methyl sites for hydroxylation is 2. The predicted octanol–water partition coefficient (Wildman–Crippen LogP) is 3.82. The van der Waals surface area contributed by atoms with E-state index in [9.17, 15) is 9.59 Å². The molecule has 0 spiro atoms. The van der Waals surface area contributed by atoms with Crippen LogP contribution in [-0.4, -0.2) is 23.0 Å². The quantitative estimate of drug-likeness (QED) is 0.715. The van der Waals surface area contributed by atoms with E-state index < -0.39 is 0 Å². The van der Waals surface area contributed by atoms with Crippen molar-refractivity contribution >= 4 is 39.7 Å². The molecule has 0 saturated carbocycles. The average molecular weight is 366 g/mol. The van der Waals surface area contributed by atoms with Crippen molar-refractivity contribution in [2.75, 3.05) is 7.11 Å². The molecule has 3 aromatic rings. The van der Waals surface area contributed by atoms with Crippen LogP contribution in [-0.2, 0) is 17.6 Å². The molecule has 0 bridgehead atoms. The fraction of sp³-hybridized carbons (Fsp3) is 0.250. The van der Waals surface area contributed by atoms with Crippen LogP contribution in [0.5, 0.6) is 0 Å². The lowest BCUT2D eigenvalue weighted by Crippen LogP contribution is -2.11. The smallest absolute Gasteiger partial charge is 0.337 e. The first kappa shape index (κ1) is 16.7. The highest BCUT2D eigenvalue weighted by molar-refractivity contribution is 7.18. The van der Waals surface area contributed by atoms with Crippen LogP contribution in [0.25, 0.3) is 22.4 Å². The fourth-order valence-corrected chi connectivity index (χ4v) is 4.55. The summed E-state index contributed by atoms with van der Waals surface area (Å²) < 4.78 is 4.69. The Labute approximate surface area is 154 Å². The molecule has 0 radical (unpaired) electrons. The first-order valence-corrected chi connectivity index (χ1v) is 9.38. The topological polar surface area (TPSA) is 72.0 Å². The summed E-state index contributed by atoms with van der Waals surface area (Å²) in [5.41, 5.74) is 2.54. The number of H-pyrrole nitrogens is 1. The number of esters is 1. The highest BCUT2D eigenvalue weighted by Crippen LogP contribution is 2.33. The Bertz CT molecular complexity index is 1060. The van der Waals surface area contributed by atoms with Crippen molar-refractivity contribution in [3.8, 4) is 0 Å². The second-order valence-corrected chi connectivity index (χ2v) is 7.37. The molecule has 4 rings (SSSR count). The van der Waals surface area contributed by atoms with Crippen LogP contribution in [0.3, 0.4) is 0 Å². The number of nitrogens with one attached hydrogen (secondary N) is 1. The number of hydrogen-bond donors (Lipinski definition) is 1. The molecule has 0 atom stereocenters. The number of methoxy groups -OCH3 is 1. The van der Waals surface area contributed by atoms with Crippen molar-refractivity contribution in [2.24, 2.45) is 0 Å². The first-order chi connectivity index (χ1) is 12.7. The van der Waals surface area contributed by atoms with Gasteiger partial charge in [0.05, 0.1) is 18.1 Å². The molecule has 0 saturated heterocycles. The van der Waals surface area contributed by atoms with E-state index in [0.29, 0.717) is 11.4 Å². The van der Waals surface area contributed by atoms with E-state index >= 15 is 0 Å². The summed E-state index contributed by atoms with van der Waals surface area (Å²) in [6, 6.07) is 7.06. The zero-order valence-corrected chi connectivity index (χ0v) is 15.2. The summed E-state index contributed by atoms with van der Waals surface area (Å²) in [6.07, 6.45) is 7.99. The van der Waals surface area contributed by atoms with E-state index in [1.54, 1.807) is 29.5 Å². The van der Waals surface area contributed by atoms with Gasteiger partial charge in [0.1, 0.15) is 10.7 Å². The standard InChI is InChI=1S/C20H18N2O3S/c1-25-20(24)13-9-6-12(7-10-13)8-11-16-21-18(23)17-14-4-2-3-5-15(14)26-19(17)22-16/h6-11H,2-5H2,1H3,(H,21,22,23)/b11-8+. The minimum absolute atomic E-state index is 0.0601. The Hall–Kier alpha value is -2.73. The van der Waals surface area contributed by atoms with Gasteiger partial charge in [0.2, 0.25) is 0 Å².